The molecule has 100 valence electrons. The van der Waals surface area contributed by atoms with E-state index in [0.717, 1.165) is 16.3 Å². The zero-order chi connectivity index (χ0) is 14.1. The Morgan fingerprint density at radius 3 is 2.95 bits per heavy atom. The number of rotatable bonds is 2. The molecule has 1 saturated heterocycles. The Bertz CT molecular complexity index is 739. The third-order valence-corrected chi connectivity index (χ3v) is 4.82. The van der Waals surface area contributed by atoms with E-state index >= 15 is 0 Å². The minimum Gasteiger partial charge on any atom is -0.307 e. The summed E-state index contributed by atoms with van der Waals surface area (Å²) in [6, 6.07) is 7.52. The van der Waals surface area contributed by atoms with Gasteiger partial charge in [0.1, 0.15) is 9.33 Å². The van der Waals surface area contributed by atoms with Crippen molar-refractivity contribution >= 4 is 63.2 Å². The molecule has 1 aromatic carbocycles. The number of hydrogen-bond donors (Lipinski definition) is 1. The smallest absolute Gasteiger partial charge is 0.263 e. The number of thioether (sulfide) groups is 1. The topological polar surface area (TPSA) is 42.0 Å². The SMILES string of the molecule is O=C1NC(=S)S/C1=C\c1csc(-c2cccc(Cl)c2)n1. The first-order valence-corrected chi connectivity index (χ1v) is 8.06. The number of carbonyl (C=O) groups excluding carboxylic acids is 1. The standard InChI is InChI=1S/C13H7ClN2OS3/c14-8-3-1-2-7(4-8)12-15-9(6-19-12)5-10-11(17)16-13(18)20-10/h1-6H,(H,16,17,18)/b10-5-. The van der Waals surface area contributed by atoms with E-state index in [1.165, 1.54) is 23.1 Å². The van der Waals surface area contributed by atoms with Crippen molar-refractivity contribution in [3.8, 4) is 10.6 Å². The van der Waals surface area contributed by atoms with E-state index in [-0.39, 0.29) is 5.91 Å². The molecule has 1 amide bonds. The fraction of sp³-hybridized carbons (Fsp3) is 0. The molecule has 0 saturated carbocycles. The van der Waals surface area contributed by atoms with Crippen molar-refractivity contribution in [1.82, 2.24) is 10.3 Å². The van der Waals surface area contributed by atoms with Crippen LogP contribution in [0.5, 0.6) is 0 Å². The summed E-state index contributed by atoms with van der Waals surface area (Å²) in [5.41, 5.74) is 1.71. The highest BCUT2D eigenvalue weighted by Crippen LogP contribution is 2.29. The molecule has 1 aliphatic rings. The number of nitrogens with zero attached hydrogens (tertiary/aromatic N) is 1. The van der Waals surface area contributed by atoms with Crippen LogP contribution in [0.4, 0.5) is 0 Å². The van der Waals surface area contributed by atoms with Gasteiger partial charge in [-0.2, -0.15) is 0 Å². The van der Waals surface area contributed by atoms with Gasteiger partial charge in [0.2, 0.25) is 0 Å². The Morgan fingerprint density at radius 1 is 1.40 bits per heavy atom. The average molecular weight is 339 g/mol. The largest absolute Gasteiger partial charge is 0.307 e. The van der Waals surface area contributed by atoms with Crippen LogP contribution in [0.3, 0.4) is 0 Å². The van der Waals surface area contributed by atoms with Crippen LogP contribution >= 0.6 is 46.9 Å². The number of thiazole rings is 1. The van der Waals surface area contributed by atoms with Crippen LogP contribution in [-0.2, 0) is 4.79 Å². The van der Waals surface area contributed by atoms with Crippen LogP contribution in [0.2, 0.25) is 5.02 Å². The van der Waals surface area contributed by atoms with Gasteiger partial charge in [-0.15, -0.1) is 11.3 Å². The van der Waals surface area contributed by atoms with E-state index in [1.54, 1.807) is 6.08 Å². The normalized spacial score (nSPS) is 16.8. The summed E-state index contributed by atoms with van der Waals surface area (Å²) < 4.78 is 0.478. The summed E-state index contributed by atoms with van der Waals surface area (Å²) in [5, 5.41) is 6.02. The van der Waals surface area contributed by atoms with Gasteiger partial charge in [0.05, 0.1) is 10.6 Å². The van der Waals surface area contributed by atoms with E-state index in [0.29, 0.717) is 14.2 Å². The molecule has 1 N–H and O–H groups in total. The van der Waals surface area contributed by atoms with Gasteiger partial charge in [0.25, 0.3) is 5.91 Å². The van der Waals surface area contributed by atoms with Gasteiger partial charge in [0, 0.05) is 16.0 Å². The highest BCUT2D eigenvalue weighted by Gasteiger charge is 2.22. The van der Waals surface area contributed by atoms with Gasteiger partial charge in [-0.1, -0.05) is 47.7 Å². The maximum Gasteiger partial charge on any atom is 0.263 e. The first kappa shape index (κ1) is 13.8. The molecule has 3 rings (SSSR count). The number of hydrogen-bond acceptors (Lipinski definition) is 5. The van der Waals surface area contributed by atoms with E-state index in [4.69, 9.17) is 23.8 Å². The summed E-state index contributed by atoms with van der Waals surface area (Å²) in [4.78, 5) is 16.6. The van der Waals surface area contributed by atoms with Crippen LogP contribution in [-0.4, -0.2) is 15.2 Å². The van der Waals surface area contributed by atoms with Crippen molar-refractivity contribution in [2.75, 3.05) is 0 Å². The van der Waals surface area contributed by atoms with Gasteiger partial charge in [-0.05, 0) is 18.2 Å². The van der Waals surface area contributed by atoms with Crippen molar-refractivity contribution in [2.24, 2.45) is 0 Å². The molecule has 0 unspecified atom stereocenters. The van der Waals surface area contributed by atoms with Crippen LogP contribution in [0, 0.1) is 0 Å². The number of nitrogens with one attached hydrogen (secondary N) is 1. The molecule has 0 spiro atoms. The molecule has 0 radical (unpaired) electrons. The van der Waals surface area contributed by atoms with Crippen molar-refractivity contribution in [1.29, 1.82) is 0 Å². The second kappa shape index (κ2) is 5.65. The molecule has 7 heteroatoms. The van der Waals surface area contributed by atoms with Crippen LogP contribution in [0.1, 0.15) is 5.69 Å². The van der Waals surface area contributed by atoms with Crippen molar-refractivity contribution in [3.63, 3.8) is 0 Å². The zero-order valence-electron chi connectivity index (χ0n) is 9.92. The molecule has 2 heterocycles. The second-order valence-corrected chi connectivity index (χ2v) is 6.95. The fourth-order valence-corrected chi connectivity index (χ4v) is 3.66. The number of amides is 1. The highest BCUT2D eigenvalue weighted by atomic mass is 35.5. The maximum absolute atomic E-state index is 11.6. The molecule has 0 aliphatic carbocycles. The Labute approximate surface area is 134 Å². The molecule has 1 fully saturated rings. The summed E-state index contributed by atoms with van der Waals surface area (Å²) >= 11 is 13.7. The first-order valence-electron chi connectivity index (χ1n) is 5.58. The quantitative estimate of drug-likeness (QED) is 0.665. The van der Waals surface area contributed by atoms with Crippen LogP contribution < -0.4 is 5.32 Å². The monoisotopic (exact) mass is 338 g/mol. The highest BCUT2D eigenvalue weighted by molar-refractivity contribution is 8.26. The van der Waals surface area contributed by atoms with Gasteiger partial charge in [0.15, 0.2) is 0 Å². The number of aromatic nitrogens is 1. The van der Waals surface area contributed by atoms with Gasteiger partial charge >= 0.3 is 0 Å². The molecule has 2 aromatic rings. The van der Waals surface area contributed by atoms with Gasteiger partial charge in [-0.3, -0.25) is 4.79 Å². The molecule has 1 aliphatic heterocycles. The summed E-state index contributed by atoms with van der Waals surface area (Å²) in [6.45, 7) is 0. The minimum absolute atomic E-state index is 0.169. The Hall–Kier alpha value is -1.21. The zero-order valence-corrected chi connectivity index (χ0v) is 13.1. The lowest BCUT2D eigenvalue weighted by molar-refractivity contribution is -0.115. The van der Waals surface area contributed by atoms with Crippen molar-refractivity contribution < 1.29 is 4.79 Å². The molecule has 3 nitrogen and oxygen atoms in total. The summed E-state index contributed by atoms with van der Waals surface area (Å²) in [6.07, 6.45) is 1.74. The molecule has 0 bridgehead atoms. The minimum atomic E-state index is -0.169. The van der Waals surface area contributed by atoms with Crippen LogP contribution in [0.15, 0.2) is 34.6 Å². The number of halogens is 1. The predicted molar refractivity (Wildman–Crippen MR) is 88.9 cm³/mol. The van der Waals surface area contributed by atoms with Gasteiger partial charge < -0.3 is 5.32 Å². The van der Waals surface area contributed by atoms with Crippen LogP contribution in [0.25, 0.3) is 16.6 Å². The molecule has 20 heavy (non-hydrogen) atoms. The average Bonchev–Trinajstić information content (AvgIpc) is 2.97. The van der Waals surface area contributed by atoms with E-state index in [9.17, 15) is 4.79 Å². The lowest BCUT2D eigenvalue weighted by atomic mass is 10.2. The lowest BCUT2D eigenvalue weighted by Gasteiger charge is -1.96. The Kier molecular flexibility index (Phi) is 3.89. The summed E-state index contributed by atoms with van der Waals surface area (Å²) in [5.74, 6) is -0.169. The third-order valence-electron chi connectivity index (χ3n) is 2.51. The van der Waals surface area contributed by atoms with Crippen molar-refractivity contribution in [3.05, 3.63) is 45.3 Å². The lowest BCUT2D eigenvalue weighted by Crippen LogP contribution is -2.17. The number of benzene rings is 1. The van der Waals surface area contributed by atoms with Gasteiger partial charge in [-0.25, -0.2) is 4.98 Å². The molecular weight excluding hydrogens is 332 g/mol. The third kappa shape index (κ3) is 2.93. The number of carbonyl (C=O) groups is 1. The second-order valence-electron chi connectivity index (χ2n) is 3.94. The van der Waals surface area contributed by atoms with E-state index in [2.05, 4.69) is 10.3 Å². The Balaban J connectivity index is 1.89. The number of thiocarbonyl (C=S) groups is 1. The van der Waals surface area contributed by atoms with Crippen molar-refractivity contribution in [2.45, 2.75) is 0 Å². The molecule has 1 aromatic heterocycles. The molecule has 0 atom stereocenters. The fourth-order valence-electron chi connectivity index (χ4n) is 1.66. The summed E-state index contributed by atoms with van der Waals surface area (Å²) in [7, 11) is 0. The van der Waals surface area contributed by atoms with E-state index in [1.807, 2.05) is 29.6 Å². The first-order chi connectivity index (χ1) is 9.61. The maximum atomic E-state index is 11.6. The Morgan fingerprint density at radius 2 is 2.25 bits per heavy atom. The van der Waals surface area contributed by atoms with E-state index < -0.39 is 0 Å². The molecular formula is C13H7ClN2OS3. The predicted octanol–water partition coefficient (Wildman–Crippen LogP) is 3.95.